The molecule has 0 amide bonds. The predicted molar refractivity (Wildman–Crippen MR) is 89.3 cm³/mol. The van der Waals surface area contributed by atoms with Crippen LogP contribution in [0, 0.1) is 29.1 Å². The second-order valence-corrected chi connectivity index (χ2v) is 9.33. The Labute approximate surface area is 138 Å². The molecule has 128 valence electrons. The van der Waals surface area contributed by atoms with Crippen LogP contribution in [0.3, 0.4) is 0 Å². The molecule has 3 nitrogen and oxygen atoms in total. The molecule has 22 heavy (non-hydrogen) atoms. The van der Waals surface area contributed by atoms with Crippen LogP contribution >= 0.6 is 0 Å². The summed E-state index contributed by atoms with van der Waals surface area (Å²) in [6.45, 7) is 9.55. The van der Waals surface area contributed by atoms with Gasteiger partial charge in [-0.2, -0.15) is 4.21 Å². The van der Waals surface area contributed by atoms with Crippen molar-refractivity contribution >= 4 is 11.4 Å². The molecule has 7 atom stereocenters. The first-order valence-electron chi connectivity index (χ1n) is 9.18. The summed E-state index contributed by atoms with van der Waals surface area (Å²) in [6, 6.07) is 0. The van der Waals surface area contributed by atoms with E-state index in [-0.39, 0.29) is 12.2 Å². The fourth-order valence-corrected chi connectivity index (χ4v) is 6.40. The van der Waals surface area contributed by atoms with Crippen LogP contribution in [0.5, 0.6) is 0 Å². The van der Waals surface area contributed by atoms with Crippen molar-refractivity contribution in [1.29, 1.82) is 0 Å². The van der Waals surface area contributed by atoms with Crippen molar-refractivity contribution in [3.63, 3.8) is 0 Å². The topological polar surface area (TPSA) is 35.5 Å². The van der Waals surface area contributed by atoms with Gasteiger partial charge in [-0.3, -0.25) is 8.37 Å². The Kier molecular flexibility index (Phi) is 5.01. The summed E-state index contributed by atoms with van der Waals surface area (Å²) in [5.74, 6) is 2.94. The molecule has 2 aliphatic carbocycles. The molecule has 0 spiro atoms. The Morgan fingerprint density at radius 2 is 1.91 bits per heavy atom. The first-order valence-corrected chi connectivity index (χ1v) is 10.2. The normalized spacial score (nSPS) is 45.8. The molecule has 0 aromatic rings. The minimum atomic E-state index is -1.50. The molecule has 0 aromatic carbocycles. The summed E-state index contributed by atoms with van der Waals surface area (Å²) in [6.07, 6.45) is 8.95. The third-order valence-corrected chi connectivity index (χ3v) is 7.52. The van der Waals surface area contributed by atoms with Crippen LogP contribution in [0.1, 0.15) is 72.6 Å². The highest BCUT2D eigenvalue weighted by Crippen LogP contribution is 2.60. The molecular weight excluding hydrogens is 296 g/mol. The van der Waals surface area contributed by atoms with E-state index in [9.17, 15) is 4.21 Å². The Morgan fingerprint density at radius 1 is 1.14 bits per heavy atom. The largest absolute Gasteiger partial charge is 0.305 e. The van der Waals surface area contributed by atoms with Gasteiger partial charge in [-0.05, 0) is 54.8 Å². The molecule has 1 saturated heterocycles. The fraction of sp³-hybridized carbons (Fsp3) is 1.00. The summed E-state index contributed by atoms with van der Waals surface area (Å²) < 4.78 is 22.7. The minimum absolute atomic E-state index is 0.0763. The third kappa shape index (κ3) is 3.03. The predicted octanol–water partition coefficient (Wildman–Crippen LogP) is 4.64. The smallest absolute Gasteiger partial charge is 0.262 e. The van der Waals surface area contributed by atoms with Crippen molar-refractivity contribution in [2.24, 2.45) is 29.1 Å². The lowest BCUT2D eigenvalue weighted by Crippen LogP contribution is -2.46. The average Bonchev–Trinajstić information content (AvgIpc) is 2.97. The average molecular weight is 329 g/mol. The molecule has 3 aliphatic rings. The lowest BCUT2D eigenvalue weighted by Gasteiger charge is -2.46. The maximum Gasteiger partial charge on any atom is 0.305 e. The van der Waals surface area contributed by atoms with E-state index in [0.717, 1.165) is 24.2 Å². The number of rotatable bonds is 5. The van der Waals surface area contributed by atoms with E-state index in [0.29, 0.717) is 11.3 Å². The van der Waals surface area contributed by atoms with E-state index in [2.05, 4.69) is 27.7 Å². The molecule has 0 aromatic heterocycles. The van der Waals surface area contributed by atoms with Crippen LogP contribution in [-0.2, 0) is 19.7 Å². The molecule has 1 unspecified atom stereocenters. The summed E-state index contributed by atoms with van der Waals surface area (Å²) in [4.78, 5) is 0. The van der Waals surface area contributed by atoms with E-state index >= 15 is 0 Å². The maximum atomic E-state index is 11.6. The van der Waals surface area contributed by atoms with Gasteiger partial charge in [0.2, 0.25) is 0 Å². The molecule has 0 radical (unpaired) electrons. The van der Waals surface area contributed by atoms with Crippen molar-refractivity contribution in [3.05, 3.63) is 0 Å². The number of fused-ring (bicyclic) bond motifs is 3. The van der Waals surface area contributed by atoms with Crippen molar-refractivity contribution in [2.45, 2.75) is 84.8 Å². The summed E-state index contributed by atoms with van der Waals surface area (Å²) >= 11 is -1.50. The molecule has 0 bridgehead atoms. The molecule has 0 N–H and O–H groups in total. The Bertz CT molecular complexity index is 425. The zero-order valence-electron chi connectivity index (χ0n) is 14.5. The first-order chi connectivity index (χ1) is 10.4. The van der Waals surface area contributed by atoms with Crippen LogP contribution in [0.15, 0.2) is 0 Å². The highest BCUT2D eigenvalue weighted by atomic mass is 32.2. The van der Waals surface area contributed by atoms with Gasteiger partial charge in [0, 0.05) is 0 Å². The van der Waals surface area contributed by atoms with Gasteiger partial charge < -0.3 is 0 Å². The quantitative estimate of drug-likeness (QED) is 0.737. The van der Waals surface area contributed by atoms with Gasteiger partial charge in [-0.25, -0.2) is 0 Å². The zero-order valence-corrected chi connectivity index (χ0v) is 15.4. The second-order valence-electron chi connectivity index (χ2n) is 8.54. The second kappa shape index (κ2) is 6.52. The van der Waals surface area contributed by atoms with Crippen molar-refractivity contribution < 1.29 is 12.6 Å². The minimum Gasteiger partial charge on any atom is -0.262 e. The van der Waals surface area contributed by atoms with E-state index < -0.39 is 11.4 Å². The Balaban J connectivity index is 1.65. The van der Waals surface area contributed by atoms with Crippen LogP contribution in [0.25, 0.3) is 0 Å². The summed E-state index contributed by atoms with van der Waals surface area (Å²) in [5, 5.41) is 0. The summed E-state index contributed by atoms with van der Waals surface area (Å²) in [5.41, 5.74) is 0.357. The Morgan fingerprint density at radius 3 is 2.64 bits per heavy atom. The van der Waals surface area contributed by atoms with Gasteiger partial charge in [0.1, 0.15) is 12.2 Å². The van der Waals surface area contributed by atoms with Crippen LogP contribution < -0.4 is 0 Å². The van der Waals surface area contributed by atoms with E-state index in [1.54, 1.807) is 0 Å². The SMILES string of the molecule is CC(C)CCC[C@@H](C)[C@H]1CC[C@H]2[C@H]3OS(=O)O[C@H]3CC[C@]12C. The third-order valence-electron chi connectivity index (χ3n) is 6.73. The standard InChI is InChI=1S/C18H32O3S/c1-12(2)6-5-7-13(3)14-8-9-15-17-16(20-22(19)21-17)10-11-18(14,15)4/h12-17H,5-11H2,1-4H3/t13-,14-,15+,16+,17-,18-,22?/m1/s1. The van der Waals surface area contributed by atoms with Crippen molar-refractivity contribution in [3.8, 4) is 0 Å². The number of hydrogen-bond acceptors (Lipinski definition) is 3. The van der Waals surface area contributed by atoms with E-state index in [4.69, 9.17) is 8.37 Å². The van der Waals surface area contributed by atoms with Crippen LogP contribution in [0.2, 0.25) is 0 Å². The molecule has 2 saturated carbocycles. The van der Waals surface area contributed by atoms with Crippen molar-refractivity contribution in [1.82, 2.24) is 0 Å². The monoisotopic (exact) mass is 328 g/mol. The van der Waals surface area contributed by atoms with Crippen LogP contribution in [-0.4, -0.2) is 16.4 Å². The lowest BCUT2D eigenvalue weighted by molar-refractivity contribution is -0.0374. The maximum absolute atomic E-state index is 11.6. The molecule has 3 rings (SSSR count). The van der Waals surface area contributed by atoms with Crippen LogP contribution in [0.4, 0.5) is 0 Å². The molecule has 1 heterocycles. The molecular formula is C18H32O3S. The van der Waals surface area contributed by atoms with Gasteiger partial charge in [0.25, 0.3) is 0 Å². The van der Waals surface area contributed by atoms with Crippen molar-refractivity contribution in [2.75, 3.05) is 0 Å². The van der Waals surface area contributed by atoms with Gasteiger partial charge in [-0.1, -0.05) is 47.0 Å². The van der Waals surface area contributed by atoms with Gasteiger partial charge in [0.15, 0.2) is 0 Å². The lowest BCUT2D eigenvalue weighted by atomic mass is 9.61. The molecule has 3 fully saturated rings. The van der Waals surface area contributed by atoms with Gasteiger partial charge in [-0.15, -0.1) is 0 Å². The molecule has 4 heteroatoms. The van der Waals surface area contributed by atoms with Gasteiger partial charge >= 0.3 is 11.4 Å². The van der Waals surface area contributed by atoms with E-state index in [1.807, 2.05) is 0 Å². The molecule has 1 aliphatic heterocycles. The first kappa shape index (κ1) is 16.9. The summed E-state index contributed by atoms with van der Waals surface area (Å²) in [7, 11) is 0. The van der Waals surface area contributed by atoms with Gasteiger partial charge in [0.05, 0.1) is 0 Å². The van der Waals surface area contributed by atoms with E-state index in [1.165, 1.54) is 38.5 Å². The highest BCUT2D eigenvalue weighted by molar-refractivity contribution is 7.75. The fourth-order valence-electron chi connectivity index (χ4n) is 5.51. The zero-order chi connectivity index (χ0) is 15.9. The Hall–Kier alpha value is 0.0700. The highest BCUT2D eigenvalue weighted by Gasteiger charge is 2.58. The number of hydrogen-bond donors (Lipinski definition) is 0.